The van der Waals surface area contributed by atoms with Gasteiger partial charge in [0.15, 0.2) is 11.6 Å². The van der Waals surface area contributed by atoms with Crippen LogP contribution in [-0.2, 0) is 4.74 Å². The molecule has 5 nitrogen and oxygen atoms in total. The molecule has 1 aliphatic heterocycles. The summed E-state index contributed by atoms with van der Waals surface area (Å²) in [7, 11) is 1.33. The highest BCUT2D eigenvalue weighted by Gasteiger charge is 2.21. The number of esters is 1. The molecule has 1 aliphatic rings. The second kappa shape index (κ2) is 4.44. The molecule has 1 unspecified atom stereocenters. The molecule has 1 aromatic heterocycles. The predicted molar refractivity (Wildman–Crippen MR) is 52.7 cm³/mol. The molecule has 0 bridgehead atoms. The van der Waals surface area contributed by atoms with Gasteiger partial charge in [0.25, 0.3) is 0 Å². The minimum atomic E-state index is -0.450. The zero-order chi connectivity index (χ0) is 10.7. The fraction of sp³-hybridized carbons (Fsp3) is 0.600. The van der Waals surface area contributed by atoms with Crippen molar-refractivity contribution < 1.29 is 13.9 Å². The van der Waals surface area contributed by atoms with Crippen molar-refractivity contribution in [2.24, 2.45) is 0 Å². The summed E-state index contributed by atoms with van der Waals surface area (Å²) in [6, 6.07) is 0. The van der Waals surface area contributed by atoms with Crippen molar-refractivity contribution in [3.05, 3.63) is 17.8 Å². The van der Waals surface area contributed by atoms with Crippen molar-refractivity contribution in [2.75, 3.05) is 20.2 Å². The lowest BCUT2D eigenvalue weighted by atomic mass is 10.00. The Balaban J connectivity index is 2.08. The van der Waals surface area contributed by atoms with Crippen LogP contribution in [0.25, 0.3) is 0 Å². The van der Waals surface area contributed by atoms with Gasteiger partial charge in [-0.1, -0.05) is 0 Å². The van der Waals surface area contributed by atoms with Crippen LogP contribution in [0.2, 0.25) is 0 Å². The highest BCUT2D eigenvalue weighted by Crippen LogP contribution is 2.22. The first-order valence-corrected chi connectivity index (χ1v) is 5.05. The molecule has 1 fully saturated rings. The van der Waals surface area contributed by atoms with Crippen molar-refractivity contribution in [3.63, 3.8) is 0 Å². The number of carbonyl (C=O) groups excluding carboxylic acids is 1. The summed E-state index contributed by atoms with van der Waals surface area (Å²) in [6.07, 6.45) is 3.52. The van der Waals surface area contributed by atoms with Gasteiger partial charge in [0.2, 0.25) is 0 Å². The lowest BCUT2D eigenvalue weighted by molar-refractivity contribution is 0.0594. The number of aromatic nitrogens is 1. The normalized spacial score (nSPS) is 21.3. The average molecular weight is 210 g/mol. The van der Waals surface area contributed by atoms with E-state index in [2.05, 4.69) is 15.0 Å². The third kappa shape index (κ3) is 2.18. The third-order valence-electron chi connectivity index (χ3n) is 2.56. The SMILES string of the molecule is COC(=O)c1coc(C2CCCNC2)n1. The molecule has 0 spiro atoms. The Bertz CT molecular complexity index is 342. The molecular formula is C10H14N2O3. The Hall–Kier alpha value is -1.36. The number of methoxy groups -OCH3 is 1. The number of rotatable bonds is 2. The van der Waals surface area contributed by atoms with Gasteiger partial charge in [-0.15, -0.1) is 0 Å². The van der Waals surface area contributed by atoms with Crippen molar-refractivity contribution in [1.29, 1.82) is 0 Å². The quantitative estimate of drug-likeness (QED) is 0.735. The molecule has 0 aromatic carbocycles. The fourth-order valence-electron chi connectivity index (χ4n) is 1.74. The smallest absolute Gasteiger partial charge is 0.360 e. The molecule has 0 amide bonds. The minimum Gasteiger partial charge on any atom is -0.464 e. The largest absolute Gasteiger partial charge is 0.464 e. The van der Waals surface area contributed by atoms with Gasteiger partial charge in [0.05, 0.1) is 7.11 Å². The number of carbonyl (C=O) groups is 1. The van der Waals surface area contributed by atoms with E-state index in [1.54, 1.807) is 0 Å². The van der Waals surface area contributed by atoms with E-state index < -0.39 is 5.97 Å². The van der Waals surface area contributed by atoms with E-state index in [-0.39, 0.29) is 11.6 Å². The van der Waals surface area contributed by atoms with Gasteiger partial charge in [-0.3, -0.25) is 0 Å². The Morgan fingerprint density at radius 1 is 1.73 bits per heavy atom. The molecule has 1 atom stereocenters. The number of hydrogen-bond donors (Lipinski definition) is 1. The predicted octanol–water partition coefficient (Wildman–Crippen LogP) is 0.928. The number of oxazole rings is 1. The van der Waals surface area contributed by atoms with Crippen molar-refractivity contribution in [1.82, 2.24) is 10.3 Å². The molecular weight excluding hydrogens is 196 g/mol. The van der Waals surface area contributed by atoms with Crippen LogP contribution in [-0.4, -0.2) is 31.2 Å². The molecule has 2 rings (SSSR count). The second-order valence-corrected chi connectivity index (χ2v) is 3.61. The van der Waals surface area contributed by atoms with Gasteiger partial charge in [0, 0.05) is 12.5 Å². The van der Waals surface area contributed by atoms with Gasteiger partial charge < -0.3 is 14.5 Å². The van der Waals surface area contributed by atoms with E-state index in [0.29, 0.717) is 5.89 Å². The molecule has 82 valence electrons. The number of nitrogens with one attached hydrogen (secondary N) is 1. The maximum Gasteiger partial charge on any atom is 0.360 e. The van der Waals surface area contributed by atoms with Gasteiger partial charge >= 0.3 is 5.97 Å². The van der Waals surface area contributed by atoms with Crippen LogP contribution in [0.3, 0.4) is 0 Å². The van der Waals surface area contributed by atoms with Crippen LogP contribution in [0.4, 0.5) is 0 Å². The monoisotopic (exact) mass is 210 g/mol. The summed E-state index contributed by atoms with van der Waals surface area (Å²) in [6.45, 7) is 1.90. The molecule has 0 radical (unpaired) electrons. The van der Waals surface area contributed by atoms with Crippen LogP contribution in [0.5, 0.6) is 0 Å². The Labute approximate surface area is 87.8 Å². The Morgan fingerprint density at radius 2 is 2.60 bits per heavy atom. The summed E-state index contributed by atoms with van der Waals surface area (Å²) in [5.41, 5.74) is 0.248. The molecule has 2 heterocycles. The zero-order valence-electron chi connectivity index (χ0n) is 8.66. The summed E-state index contributed by atoms with van der Waals surface area (Å²) in [5.74, 6) is 0.452. The van der Waals surface area contributed by atoms with Crippen LogP contribution < -0.4 is 5.32 Å². The van der Waals surface area contributed by atoms with Gasteiger partial charge in [0.1, 0.15) is 6.26 Å². The van der Waals surface area contributed by atoms with Crippen LogP contribution in [0, 0.1) is 0 Å². The lowest BCUT2D eigenvalue weighted by Crippen LogP contribution is -2.28. The van der Waals surface area contributed by atoms with Crippen LogP contribution in [0.15, 0.2) is 10.7 Å². The average Bonchev–Trinajstić information content (AvgIpc) is 2.78. The van der Waals surface area contributed by atoms with Crippen molar-refractivity contribution >= 4 is 5.97 Å². The topological polar surface area (TPSA) is 64.4 Å². The molecule has 1 saturated heterocycles. The lowest BCUT2D eigenvalue weighted by Gasteiger charge is -2.19. The minimum absolute atomic E-state index is 0.248. The molecule has 0 saturated carbocycles. The third-order valence-corrected chi connectivity index (χ3v) is 2.56. The highest BCUT2D eigenvalue weighted by atomic mass is 16.5. The van der Waals surface area contributed by atoms with Crippen LogP contribution >= 0.6 is 0 Å². The summed E-state index contributed by atoms with van der Waals surface area (Å²) < 4.78 is 9.84. The first-order valence-electron chi connectivity index (χ1n) is 5.05. The summed E-state index contributed by atoms with van der Waals surface area (Å²) >= 11 is 0. The summed E-state index contributed by atoms with van der Waals surface area (Å²) in [5, 5.41) is 3.27. The first-order chi connectivity index (χ1) is 7.31. The summed E-state index contributed by atoms with van der Waals surface area (Å²) in [4.78, 5) is 15.3. The first kappa shape index (κ1) is 10.2. The van der Waals surface area contributed by atoms with E-state index in [9.17, 15) is 4.79 Å². The molecule has 1 aromatic rings. The van der Waals surface area contributed by atoms with E-state index in [0.717, 1.165) is 25.9 Å². The molecule has 15 heavy (non-hydrogen) atoms. The number of hydrogen-bond acceptors (Lipinski definition) is 5. The zero-order valence-corrected chi connectivity index (χ0v) is 8.66. The van der Waals surface area contributed by atoms with Gasteiger partial charge in [-0.2, -0.15) is 0 Å². The van der Waals surface area contributed by atoms with E-state index in [1.807, 2.05) is 0 Å². The fourth-order valence-corrected chi connectivity index (χ4v) is 1.74. The molecule has 1 N–H and O–H groups in total. The van der Waals surface area contributed by atoms with E-state index in [4.69, 9.17) is 4.42 Å². The molecule has 5 heteroatoms. The molecule has 0 aliphatic carbocycles. The van der Waals surface area contributed by atoms with Gasteiger partial charge in [-0.25, -0.2) is 9.78 Å². The maximum absolute atomic E-state index is 11.1. The second-order valence-electron chi connectivity index (χ2n) is 3.61. The standard InChI is InChI=1S/C10H14N2O3/c1-14-10(13)8-6-15-9(12-8)7-3-2-4-11-5-7/h6-7,11H,2-5H2,1H3. The Morgan fingerprint density at radius 3 is 3.27 bits per heavy atom. The maximum atomic E-state index is 11.1. The number of ether oxygens (including phenoxy) is 1. The highest BCUT2D eigenvalue weighted by molar-refractivity contribution is 5.86. The van der Waals surface area contributed by atoms with Crippen LogP contribution in [0.1, 0.15) is 35.1 Å². The van der Waals surface area contributed by atoms with Crippen molar-refractivity contribution in [2.45, 2.75) is 18.8 Å². The van der Waals surface area contributed by atoms with E-state index in [1.165, 1.54) is 13.4 Å². The van der Waals surface area contributed by atoms with E-state index >= 15 is 0 Å². The number of piperidine rings is 1. The number of nitrogens with zero attached hydrogens (tertiary/aromatic N) is 1. The van der Waals surface area contributed by atoms with Gasteiger partial charge in [-0.05, 0) is 19.4 Å². The Kier molecular flexibility index (Phi) is 3.01. The van der Waals surface area contributed by atoms with Crippen molar-refractivity contribution in [3.8, 4) is 0 Å².